The first-order valence-electron chi connectivity index (χ1n) is 11.0. The first-order chi connectivity index (χ1) is 16.3. The van der Waals surface area contributed by atoms with E-state index in [0.29, 0.717) is 23.9 Å². The summed E-state index contributed by atoms with van der Waals surface area (Å²) in [5.74, 6) is 2.24. The summed E-state index contributed by atoms with van der Waals surface area (Å²) in [6, 6.07) is 16.5. The summed E-state index contributed by atoms with van der Waals surface area (Å²) in [6.07, 6.45) is 0.179. The van der Waals surface area contributed by atoms with Gasteiger partial charge >= 0.3 is 0 Å². The van der Waals surface area contributed by atoms with Crippen LogP contribution in [0.2, 0.25) is 0 Å². The molecule has 1 aliphatic heterocycles. The predicted octanol–water partition coefficient (Wildman–Crippen LogP) is 3.59. The van der Waals surface area contributed by atoms with Gasteiger partial charge < -0.3 is 25.2 Å². The van der Waals surface area contributed by atoms with E-state index in [1.54, 1.807) is 24.1 Å². The molecule has 0 saturated carbocycles. The maximum absolute atomic E-state index is 12.8. The fourth-order valence-corrected chi connectivity index (χ4v) is 3.77. The number of aryl methyl sites for hydroxylation is 1. The van der Waals surface area contributed by atoms with Crippen LogP contribution in [0.15, 0.2) is 54.6 Å². The van der Waals surface area contributed by atoms with Crippen molar-refractivity contribution in [3.8, 4) is 5.75 Å². The molecule has 34 heavy (non-hydrogen) atoms. The van der Waals surface area contributed by atoms with Crippen molar-refractivity contribution < 1.29 is 14.3 Å². The highest BCUT2D eigenvalue weighted by Crippen LogP contribution is 2.28. The van der Waals surface area contributed by atoms with Gasteiger partial charge in [0.1, 0.15) is 23.2 Å². The number of carbonyl (C=O) groups is 2. The monoisotopic (exact) mass is 460 g/mol. The first kappa shape index (κ1) is 23.0. The predicted molar refractivity (Wildman–Crippen MR) is 133 cm³/mol. The molecule has 2 aromatic carbocycles. The van der Waals surface area contributed by atoms with Crippen LogP contribution >= 0.6 is 0 Å². The van der Waals surface area contributed by atoms with Crippen molar-refractivity contribution in [2.75, 3.05) is 48.2 Å². The van der Waals surface area contributed by atoms with E-state index in [2.05, 4.69) is 20.6 Å². The molecule has 0 radical (unpaired) electrons. The molecule has 1 aliphatic rings. The van der Waals surface area contributed by atoms with Crippen LogP contribution in [0.25, 0.3) is 0 Å². The van der Waals surface area contributed by atoms with Crippen LogP contribution < -0.4 is 25.2 Å². The molecule has 2 heterocycles. The minimum atomic E-state index is -0.416. The minimum absolute atomic E-state index is 0.0675. The Kier molecular flexibility index (Phi) is 6.62. The second kappa shape index (κ2) is 9.78. The standard InChI is InChI=1S/C25H28N6O3/c1-16-26-22(14-23(27-16)30(2)3)28-18-5-7-19(8-6-18)29-25(33)17-13-24(32)31(15-17)20-9-11-21(34-4)12-10-20/h5-12,14,17H,13,15H2,1-4H3,(H,29,33)(H,26,27,28). The third kappa shape index (κ3) is 5.25. The maximum atomic E-state index is 12.8. The quantitative estimate of drug-likeness (QED) is 0.556. The van der Waals surface area contributed by atoms with Crippen LogP contribution in [-0.4, -0.2) is 49.5 Å². The Hall–Kier alpha value is -4.14. The lowest BCUT2D eigenvalue weighted by molar-refractivity contribution is -0.122. The second-order valence-electron chi connectivity index (χ2n) is 8.35. The second-order valence-corrected chi connectivity index (χ2v) is 8.35. The summed E-state index contributed by atoms with van der Waals surface area (Å²) < 4.78 is 5.17. The summed E-state index contributed by atoms with van der Waals surface area (Å²) >= 11 is 0. The van der Waals surface area contributed by atoms with Crippen molar-refractivity contribution in [1.29, 1.82) is 0 Å². The largest absolute Gasteiger partial charge is 0.497 e. The van der Waals surface area contributed by atoms with Crippen molar-refractivity contribution in [2.45, 2.75) is 13.3 Å². The Morgan fingerprint density at radius 3 is 2.38 bits per heavy atom. The van der Waals surface area contributed by atoms with Crippen LogP contribution in [0.3, 0.4) is 0 Å². The Morgan fingerprint density at radius 1 is 1.06 bits per heavy atom. The van der Waals surface area contributed by atoms with Gasteiger partial charge in [-0.2, -0.15) is 0 Å². The molecular weight excluding hydrogens is 432 g/mol. The Bertz CT molecular complexity index is 1180. The summed E-state index contributed by atoms with van der Waals surface area (Å²) in [5.41, 5.74) is 2.26. The lowest BCUT2D eigenvalue weighted by Gasteiger charge is -2.17. The third-order valence-electron chi connectivity index (χ3n) is 5.59. The third-order valence-corrected chi connectivity index (χ3v) is 5.59. The molecular formula is C25H28N6O3. The van der Waals surface area contributed by atoms with Crippen molar-refractivity contribution in [3.05, 3.63) is 60.4 Å². The molecule has 3 aromatic rings. The van der Waals surface area contributed by atoms with Gasteiger partial charge in [-0.15, -0.1) is 0 Å². The molecule has 0 aliphatic carbocycles. The minimum Gasteiger partial charge on any atom is -0.497 e. The summed E-state index contributed by atoms with van der Waals surface area (Å²) in [4.78, 5) is 37.7. The fraction of sp³-hybridized carbons (Fsp3) is 0.280. The Labute approximate surface area is 198 Å². The van der Waals surface area contributed by atoms with Gasteiger partial charge in [0.2, 0.25) is 11.8 Å². The topological polar surface area (TPSA) is 99.7 Å². The normalized spacial score (nSPS) is 15.2. The van der Waals surface area contributed by atoms with Crippen molar-refractivity contribution >= 4 is 40.5 Å². The number of benzene rings is 2. The smallest absolute Gasteiger partial charge is 0.229 e. The van der Waals surface area contributed by atoms with Crippen molar-refractivity contribution in [1.82, 2.24) is 9.97 Å². The van der Waals surface area contributed by atoms with E-state index < -0.39 is 5.92 Å². The molecule has 4 rings (SSSR count). The number of nitrogens with one attached hydrogen (secondary N) is 2. The molecule has 2 N–H and O–H groups in total. The molecule has 0 bridgehead atoms. The van der Waals surface area contributed by atoms with E-state index in [-0.39, 0.29) is 18.2 Å². The van der Waals surface area contributed by atoms with E-state index in [0.717, 1.165) is 22.9 Å². The number of ether oxygens (including phenoxy) is 1. The summed E-state index contributed by atoms with van der Waals surface area (Å²) in [5, 5.41) is 6.18. The average molecular weight is 461 g/mol. The average Bonchev–Trinajstić information content (AvgIpc) is 3.21. The maximum Gasteiger partial charge on any atom is 0.229 e. The van der Waals surface area contributed by atoms with Crippen molar-refractivity contribution in [2.24, 2.45) is 5.92 Å². The number of nitrogens with zero attached hydrogens (tertiary/aromatic N) is 4. The number of aromatic nitrogens is 2. The number of carbonyl (C=O) groups excluding carboxylic acids is 2. The lowest BCUT2D eigenvalue weighted by atomic mass is 10.1. The zero-order valence-electron chi connectivity index (χ0n) is 19.7. The van der Waals surface area contributed by atoms with Crippen LogP contribution in [-0.2, 0) is 9.59 Å². The molecule has 0 spiro atoms. The van der Waals surface area contributed by atoms with E-state index in [9.17, 15) is 9.59 Å². The molecule has 176 valence electrons. The summed E-state index contributed by atoms with van der Waals surface area (Å²) in [6.45, 7) is 2.19. The molecule has 1 unspecified atom stereocenters. The van der Waals surface area contributed by atoms with E-state index in [1.165, 1.54) is 0 Å². The molecule has 1 saturated heterocycles. The SMILES string of the molecule is COc1ccc(N2CC(C(=O)Nc3ccc(Nc4cc(N(C)C)nc(C)n4)cc3)CC2=O)cc1. The number of rotatable bonds is 7. The molecule has 2 amide bonds. The highest BCUT2D eigenvalue weighted by molar-refractivity contribution is 6.03. The highest BCUT2D eigenvalue weighted by atomic mass is 16.5. The fourth-order valence-electron chi connectivity index (χ4n) is 3.77. The van der Waals surface area contributed by atoms with Gasteiger partial charge in [-0.25, -0.2) is 9.97 Å². The van der Waals surface area contributed by atoms with Crippen LogP contribution in [0, 0.1) is 12.8 Å². The Morgan fingerprint density at radius 2 is 1.74 bits per heavy atom. The van der Waals surface area contributed by atoms with Gasteiger partial charge in [-0.1, -0.05) is 0 Å². The number of hydrogen-bond donors (Lipinski definition) is 2. The van der Waals surface area contributed by atoms with E-state index in [4.69, 9.17) is 4.74 Å². The molecule has 9 heteroatoms. The van der Waals surface area contributed by atoms with E-state index in [1.807, 2.05) is 68.4 Å². The van der Waals surface area contributed by atoms with Crippen LogP contribution in [0.4, 0.5) is 28.7 Å². The molecule has 1 atom stereocenters. The summed E-state index contributed by atoms with van der Waals surface area (Å²) in [7, 11) is 5.45. The van der Waals surface area contributed by atoms with Gasteiger partial charge in [0, 0.05) is 50.2 Å². The zero-order chi connectivity index (χ0) is 24.2. The van der Waals surface area contributed by atoms with Crippen LogP contribution in [0.5, 0.6) is 5.75 Å². The number of anilines is 5. The van der Waals surface area contributed by atoms with Gasteiger partial charge in [0.05, 0.1) is 13.0 Å². The molecule has 9 nitrogen and oxygen atoms in total. The zero-order valence-corrected chi connectivity index (χ0v) is 19.7. The lowest BCUT2D eigenvalue weighted by Crippen LogP contribution is -2.28. The van der Waals surface area contributed by atoms with Crippen LogP contribution in [0.1, 0.15) is 12.2 Å². The highest BCUT2D eigenvalue weighted by Gasteiger charge is 2.35. The van der Waals surface area contributed by atoms with Gasteiger partial charge in [0.25, 0.3) is 0 Å². The van der Waals surface area contributed by atoms with Gasteiger partial charge in [-0.05, 0) is 55.5 Å². The Balaban J connectivity index is 1.37. The van der Waals surface area contributed by atoms with Gasteiger partial charge in [0.15, 0.2) is 0 Å². The van der Waals surface area contributed by atoms with Crippen molar-refractivity contribution in [3.63, 3.8) is 0 Å². The van der Waals surface area contributed by atoms with Gasteiger partial charge in [-0.3, -0.25) is 9.59 Å². The van der Waals surface area contributed by atoms with E-state index >= 15 is 0 Å². The first-order valence-corrected chi connectivity index (χ1v) is 11.0. The molecule has 1 aromatic heterocycles. The number of hydrogen-bond acceptors (Lipinski definition) is 7. The number of methoxy groups -OCH3 is 1. The number of amides is 2. The molecule has 1 fully saturated rings.